The molecular weight excluding hydrogens is 274 g/mol. The molecule has 0 radical (unpaired) electrons. The van der Waals surface area contributed by atoms with Crippen molar-refractivity contribution in [3.05, 3.63) is 45.7 Å². The highest BCUT2D eigenvalue weighted by Crippen LogP contribution is 2.39. The van der Waals surface area contributed by atoms with Crippen LogP contribution in [-0.2, 0) is 6.42 Å². The normalized spacial score (nSPS) is 18.4. The van der Waals surface area contributed by atoms with Crippen molar-refractivity contribution in [2.45, 2.75) is 25.3 Å². The molecule has 3 aromatic rings. The van der Waals surface area contributed by atoms with Crippen LogP contribution in [0.25, 0.3) is 21.7 Å². The highest BCUT2D eigenvalue weighted by molar-refractivity contribution is 6.30. The van der Waals surface area contributed by atoms with Crippen molar-refractivity contribution in [1.29, 1.82) is 0 Å². The van der Waals surface area contributed by atoms with Gasteiger partial charge in [0.1, 0.15) is 11.2 Å². The first-order valence-electron chi connectivity index (χ1n) is 6.69. The SMILES string of the molecule is O=NC1CCCc2nc3c(ccc4c[nH]c(Cl)cc43)c21. The summed E-state index contributed by atoms with van der Waals surface area (Å²) in [5.74, 6) is 0. The molecule has 1 aliphatic rings. The Kier molecular flexibility index (Phi) is 2.54. The molecule has 1 N–H and O–H groups in total. The van der Waals surface area contributed by atoms with Gasteiger partial charge in [-0.25, -0.2) is 0 Å². The van der Waals surface area contributed by atoms with Gasteiger partial charge in [0.15, 0.2) is 0 Å². The molecule has 1 aliphatic carbocycles. The van der Waals surface area contributed by atoms with E-state index >= 15 is 0 Å². The molecule has 1 aromatic carbocycles. The number of aromatic amines is 1. The van der Waals surface area contributed by atoms with Crippen LogP contribution in [0, 0.1) is 4.91 Å². The Balaban J connectivity index is 2.12. The number of aryl methyl sites for hydroxylation is 1. The summed E-state index contributed by atoms with van der Waals surface area (Å²) in [5.41, 5.74) is 2.97. The Hall–Kier alpha value is -1.94. The highest BCUT2D eigenvalue weighted by atomic mass is 35.5. The third kappa shape index (κ3) is 1.58. The minimum atomic E-state index is -0.257. The first-order chi connectivity index (χ1) is 9.78. The molecular formula is C15H12ClN3O. The molecule has 0 amide bonds. The number of H-pyrrole nitrogens is 1. The van der Waals surface area contributed by atoms with Gasteiger partial charge in [0.25, 0.3) is 0 Å². The molecule has 5 heteroatoms. The summed E-state index contributed by atoms with van der Waals surface area (Å²) in [5, 5.41) is 6.99. The van der Waals surface area contributed by atoms with E-state index in [2.05, 4.69) is 10.2 Å². The third-order valence-corrected chi connectivity index (χ3v) is 4.31. The van der Waals surface area contributed by atoms with Crippen LogP contribution in [0.4, 0.5) is 0 Å². The molecule has 2 heterocycles. The van der Waals surface area contributed by atoms with Gasteiger partial charge < -0.3 is 4.98 Å². The average molecular weight is 286 g/mol. The van der Waals surface area contributed by atoms with Crippen LogP contribution in [0.2, 0.25) is 5.15 Å². The van der Waals surface area contributed by atoms with Crippen molar-refractivity contribution < 1.29 is 0 Å². The number of hydrogen-bond donors (Lipinski definition) is 1. The highest BCUT2D eigenvalue weighted by Gasteiger charge is 2.26. The molecule has 0 spiro atoms. The van der Waals surface area contributed by atoms with Crippen molar-refractivity contribution in [3.8, 4) is 0 Å². The number of nitroso groups, excluding NO2 is 1. The third-order valence-electron chi connectivity index (χ3n) is 4.09. The topological polar surface area (TPSA) is 58.1 Å². The summed E-state index contributed by atoms with van der Waals surface area (Å²) in [6.45, 7) is 0. The van der Waals surface area contributed by atoms with Gasteiger partial charge in [0.2, 0.25) is 0 Å². The average Bonchev–Trinajstić information content (AvgIpc) is 2.86. The smallest absolute Gasteiger partial charge is 0.119 e. The lowest BCUT2D eigenvalue weighted by atomic mass is 9.91. The summed E-state index contributed by atoms with van der Waals surface area (Å²) in [4.78, 5) is 18.8. The summed E-state index contributed by atoms with van der Waals surface area (Å²) in [7, 11) is 0. The van der Waals surface area contributed by atoms with Crippen LogP contribution >= 0.6 is 11.6 Å². The zero-order chi connectivity index (χ0) is 13.7. The number of rotatable bonds is 1. The van der Waals surface area contributed by atoms with E-state index in [0.717, 1.165) is 52.2 Å². The fraction of sp³-hybridized carbons (Fsp3) is 0.267. The van der Waals surface area contributed by atoms with Gasteiger partial charge in [-0.2, -0.15) is 4.91 Å². The van der Waals surface area contributed by atoms with E-state index in [1.54, 1.807) is 0 Å². The number of halogens is 1. The quantitative estimate of drug-likeness (QED) is 0.528. The molecule has 0 fully saturated rings. The molecule has 4 nitrogen and oxygen atoms in total. The van der Waals surface area contributed by atoms with E-state index in [1.807, 2.05) is 24.4 Å². The van der Waals surface area contributed by atoms with Gasteiger partial charge in [-0.15, -0.1) is 0 Å². The summed E-state index contributed by atoms with van der Waals surface area (Å²) >= 11 is 6.05. The Labute approximate surface area is 120 Å². The molecule has 1 unspecified atom stereocenters. The first-order valence-corrected chi connectivity index (χ1v) is 7.07. The minimum absolute atomic E-state index is 0.257. The fourth-order valence-electron chi connectivity index (χ4n) is 3.18. The lowest BCUT2D eigenvalue weighted by Gasteiger charge is -2.15. The Bertz CT molecular complexity index is 840. The number of nitrogens with zero attached hydrogens (tertiary/aromatic N) is 2. The maximum absolute atomic E-state index is 11.1. The Morgan fingerprint density at radius 1 is 1.35 bits per heavy atom. The van der Waals surface area contributed by atoms with Crippen molar-refractivity contribution in [2.24, 2.45) is 5.18 Å². The van der Waals surface area contributed by atoms with Crippen LogP contribution in [0.15, 0.2) is 29.6 Å². The largest absolute Gasteiger partial charge is 0.352 e. The van der Waals surface area contributed by atoms with Crippen molar-refractivity contribution in [2.75, 3.05) is 0 Å². The van der Waals surface area contributed by atoms with Crippen molar-refractivity contribution in [1.82, 2.24) is 9.97 Å². The molecule has 100 valence electrons. The number of fused-ring (bicyclic) bond motifs is 5. The molecule has 1 atom stereocenters. The number of aromatic nitrogens is 2. The second kappa shape index (κ2) is 4.28. The predicted molar refractivity (Wildman–Crippen MR) is 80.1 cm³/mol. The number of benzene rings is 1. The van der Waals surface area contributed by atoms with Crippen LogP contribution < -0.4 is 0 Å². The van der Waals surface area contributed by atoms with E-state index in [4.69, 9.17) is 16.6 Å². The zero-order valence-corrected chi connectivity index (χ0v) is 11.4. The van der Waals surface area contributed by atoms with Crippen LogP contribution in [0.1, 0.15) is 30.1 Å². The molecule has 20 heavy (non-hydrogen) atoms. The first kappa shape index (κ1) is 11.9. The monoisotopic (exact) mass is 285 g/mol. The zero-order valence-electron chi connectivity index (χ0n) is 10.7. The maximum Gasteiger partial charge on any atom is 0.119 e. The van der Waals surface area contributed by atoms with Gasteiger partial charge in [0.05, 0.1) is 5.52 Å². The molecule has 0 saturated heterocycles. The second-order valence-corrected chi connectivity index (χ2v) is 5.64. The van der Waals surface area contributed by atoms with Gasteiger partial charge in [-0.1, -0.05) is 28.9 Å². The lowest BCUT2D eigenvalue weighted by molar-refractivity contribution is 0.568. The maximum atomic E-state index is 11.1. The summed E-state index contributed by atoms with van der Waals surface area (Å²) in [6.07, 6.45) is 4.59. The van der Waals surface area contributed by atoms with E-state index in [-0.39, 0.29) is 6.04 Å². The van der Waals surface area contributed by atoms with Crippen LogP contribution in [0.5, 0.6) is 0 Å². The van der Waals surface area contributed by atoms with E-state index in [1.165, 1.54) is 0 Å². The summed E-state index contributed by atoms with van der Waals surface area (Å²) in [6, 6.07) is 5.70. The molecule has 2 aromatic heterocycles. The standard InChI is InChI=1S/C15H12ClN3O/c16-13-6-10-8(7-17-13)4-5-9-14-11(18-15(9)10)2-1-3-12(14)19-20/h4-7,12,17H,1-3H2. The van der Waals surface area contributed by atoms with Gasteiger partial charge in [0, 0.05) is 33.6 Å². The number of nitrogens with one attached hydrogen (secondary N) is 1. The van der Waals surface area contributed by atoms with Crippen LogP contribution in [0.3, 0.4) is 0 Å². The lowest BCUT2D eigenvalue weighted by Crippen LogP contribution is -2.05. The van der Waals surface area contributed by atoms with Crippen molar-refractivity contribution >= 4 is 33.3 Å². The Morgan fingerprint density at radius 3 is 3.10 bits per heavy atom. The van der Waals surface area contributed by atoms with Gasteiger partial charge in [-0.3, -0.25) is 4.98 Å². The molecule has 4 rings (SSSR count). The number of pyridine rings is 1. The van der Waals surface area contributed by atoms with Gasteiger partial charge in [-0.05, 0) is 25.3 Å². The van der Waals surface area contributed by atoms with Crippen molar-refractivity contribution in [3.63, 3.8) is 0 Å². The minimum Gasteiger partial charge on any atom is -0.352 e. The fourth-order valence-corrected chi connectivity index (χ4v) is 3.34. The predicted octanol–water partition coefficient (Wildman–Crippen LogP) is 4.51. The Morgan fingerprint density at radius 2 is 2.25 bits per heavy atom. The molecule has 0 aliphatic heterocycles. The van der Waals surface area contributed by atoms with Gasteiger partial charge >= 0.3 is 0 Å². The van der Waals surface area contributed by atoms with Crippen LogP contribution in [-0.4, -0.2) is 9.97 Å². The van der Waals surface area contributed by atoms with E-state index in [0.29, 0.717) is 5.15 Å². The second-order valence-electron chi connectivity index (χ2n) is 5.23. The molecule has 0 bridgehead atoms. The van der Waals surface area contributed by atoms with E-state index < -0.39 is 0 Å². The van der Waals surface area contributed by atoms with E-state index in [9.17, 15) is 4.91 Å². The molecule has 0 saturated carbocycles. The summed E-state index contributed by atoms with van der Waals surface area (Å²) < 4.78 is 0. The number of hydrogen-bond acceptors (Lipinski definition) is 3.